The highest BCUT2D eigenvalue weighted by Gasteiger charge is 2.18. The zero-order chi connectivity index (χ0) is 37.7. The predicted octanol–water partition coefficient (Wildman–Crippen LogP) is 15.1. The fraction of sp³-hybridized carbons (Fsp3) is 0.0364. The van der Waals surface area contributed by atoms with Crippen LogP contribution in [0.4, 0.5) is 0 Å². The minimum Gasteiger partial charge on any atom is -0.247 e. The fourth-order valence-corrected chi connectivity index (χ4v) is 10.1. The smallest absolute Gasteiger partial charge is 0.0794 e. The quantitative estimate of drug-likeness (QED) is 0.148. The first kappa shape index (κ1) is 33.5. The molecule has 0 N–H and O–H groups in total. The molecule has 1 nitrogen and oxygen atoms in total. The monoisotopic (exact) mass is 743 g/mol. The predicted molar refractivity (Wildman–Crippen MR) is 244 cm³/mol. The topological polar surface area (TPSA) is 12.9 Å². The van der Waals surface area contributed by atoms with E-state index in [1.807, 2.05) is 11.3 Å². The Morgan fingerprint density at radius 3 is 1.53 bits per heavy atom. The second-order valence-electron chi connectivity index (χ2n) is 15.0. The first-order chi connectivity index (χ1) is 28.2. The van der Waals surface area contributed by atoms with Gasteiger partial charge in [-0.3, -0.25) is 0 Å². The molecular weight excluding hydrogens is 707 g/mol. The Balaban J connectivity index is 1.09. The Morgan fingerprint density at radius 2 is 0.860 bits per heavy atom. The molecule has 2 heteroatoms. The van der Waals surface area contributed by atoms with Crippen molar-refractivity contribution in [2.75, 3.05) is 0 Å². The van der Waals surface area contributed by atoms with Crippen LogP contribution in [-0.2, 0) is 12.8 Å². The van der Waals surface area contributed by atoms with Crippen LogP contribution in [0.5, 0.6) is 0 Å². The molecular formula is C55H37NS. The standard InChI is InChI=1S/C55H37NS/c1-3-14-36(15-4-1)32-40-34-38(44-23-13-24-51-48-21-11-12-25-53(48)57-55(44)51)26-28-42(40)43-29-27-39(35-41(43)33-37-16-5-2-6-17-37)52-31-30-50-47-20-8-7-18-45(47)46-19-9-10-22-49(46)54(50)56-52/h1-31,34-35H,32-33H2. The van der Waals surface area contributed by atoms with Crippen LogP contribution in [0.1, 0.15) is 22.3 Å². The molecule has 0 unspecified atom stereocenters. The molecule has 9 aromatic carbocycles. The lowest BCUT2D eigenvalue weighted by molar-refractivity contribution is 1.17. The number of benzene rings is 9. The highest BCUT2D eigenvalue weighted by molar-refractivity contribution is 7.26. The molecule has 268 valence electrons. The summed E-state index contributed by atoms with van der Waals surface area (Å²) in [5, 5.41) is 8.77. The molecule has 0 radical (unpaired) electrons. The van der Waals surface area contributed by atoms with Gasteiger partial charge in [-0.05, 0) is 97.8 Å². The maximum atomic E-state index is 5.43. The second kappa shape index (κ2) is 14.0. The maximum Gasteiger partial charge on any atom is 0.0794 e. The van der Waals surface area contributed by atoms with E-state index in [-0.39, 0.29) is 0 Å². The van der Waals surface area contributed by atoms with Gasteiger partial charge < -0.3 is 0 Å². The molecule has 11 rings (SSSR count). The summed E-state index contributed by atoms with van der Waals surface area (Å²) in [4.78, 5) is 5.43. The van der Waals surface area contributed by atoms with E-state index in [0.717, 1.165) is 29.6 Å². The Kier molecular flexibility index (Phi) is 8.23. The van der Waals surface area contributed by atoms with E-state index in [0.29, 0.717) is 0 Å². The maximum absolute atomic E-state index is 5.43. The van der Waals surface area contributed by atoms with Crippen LogP contribution in [0.25, 0.3) is 86.1 Å². The first-order valence-electron chi connectivity index (χ1n) is 19.7. The van der Waals surface area contributed by atoms with Crippen molar-refractivity contribution < 1.29 is 0 Å². The lowest BCUT2D eigenvalue weighted by Crippen LogP contribution is -1.99. The second-order valence-corrected chi connectivity index (χ2v) is 16.1. The summed E-state index contributed by atoms with van der Waals surface area (Å²) < 4.78 is 2.67. The van der Waals surface area contributed by atoms with Crippen molar-refractivity contribution in [3.05, 3.63) is 222 Å². The first-order valence-corrected chi connectivity index (χ1v) is 20.5. The Labute approximate surface area is 336 Å². The number of thiophene rings is 1. The summed E-state index contributed by atoms with van der Waals surface area (Å²) >= 11 is 1.89. The van der Waals surface area contributed by atoms with Gasteiger partial charge in [0.05, 0.1) is 11.2 Å². The van der Waals surface area contributed by atoms with Crippen LogP contribution in [0, 0.1) is 0 Å². The van der Waals surface area contributed by atoms with Crippen molar-refractivity contribution in [1.29, 1.82) is 0 Å². The van der Waals surface area contributed by atoms with Crippen LogP contribution in [-0.4, -0.2) is 4.98 Å². The lowest BCUT2D eigenvalue weighted by atomic mass is 9.87. The zero-order valence-electron chi connectivity index (χ0n) is 31.3. The van der Waals surface area contributed by atoms with E-state index < -0.39 is 0 Å². The molecule has 2 aromatic heterocycles. The summed E-state index contributed by atoms with van der Waals surface area (Å²) in [5.41, 5.74) is 13.4. The molecule has 0 aliphatic heterocycles. The molecule has 11 aromatic rings. The van der Waals surface area contributed by atoms with Crippen molar-refractivity contribution in [2.45, 2.75) is 12.8 Å². The summed E-state index contributed by atoms with van der Waals surface area (Å²) in [7, 11) is 0. The number of rotatable bonds is 7. The Morgan fingerprint density at radius 1 is 0.351 bits per heavy atom. The summed E-state index contributed by atoms with van der Waals surface area (Å²) in [5.74, 6) is 0. The molecule has 0 aliphatic carbocycles. The van der Waals surface area contributed by atoms with Crippen molar-refractivity contribution in [3.8, 4) is 33.5 Å². The van der Waals surface area contributed by atoms with Gasteiger partial charge in [0.15, 0.2) is 0 Å². The van der Waals surface area contributed by atoms with E-state index in [2.05, 4.69) is 200 Å². The molecule has 0 fully saturated rings. The van der Waals surface area contributed by atoms with Gasteiger partial charge in [0.2, 0.25) is 0 Å². The van der Waals surface area contributed by atoms with Crippen molar-refractivity contribution >= 4 is 64.0 Å². The lowest BCUT2D eigenvalue weighted by Gasteiger charge is -2.18. The zero-order valence-corrected chi connectivity index (χ0v) is 32.1. The highest BCUT2D eigenvalue weighted by Crippen LogP contribution is 2.42. The van der Waals surface area contributed by atoms with Gasteiger partial charge in [0.25, 0.3) is 0 Å². The molecule has 57 heavy (non-hydrogen) atoms. The van der Waals surface area contributed by atoms with Gasteiger partial charge in [-0.15, -0.1) is 11.3 Å². The van der Waals surface area contributed by atoms with E-state index >= 15 is 0 Å². The molecule has 0 bridgehead atoms. The average molecular weight is 744 g/mol. The normalized spacial score (nSPS) is 11.6. The Hall–Kier alpha value is -6.87. The number of nitrogens with zero attached hydrogens (tertiary/aromatic N) is 1. The van der Waals surface area contributed by atoms with Gasteiger partial charge in [-0.1, -0.05) is 176 Å². The van der Waals surface area contributed by atoms with Gasteiger partial charge in [0.1, 0.15) is 0 Å². The molecule has 0 spiro atoms. The number of hydrogen-bond acceptors (Lipinski definition) is 2. The molecule has 0 aliphatic rings. The number of pyridine rings is 1. The largest absolute Gasteiger partial charge is 0.247 e. The molecule has 0 amide bonds. The van der Waals surface area contributed by atoms with Crippen LogP contribution >= 0.6 is 11.3 Å². The van der Waals surface area contributed by atoms with Crippen molar-refractivity contribution in [3.63, 3.8) is 0 Å². The summed E-state index contributed by atoms with van der Waals surface area (Å²) in [6.07, 6.45) is 1.66. The Bertz CT molecular complexity index is 3250. The number of aromatic nitrogens is 1. The SMILES string of the molecule is c1ccc(Cc2cc(-c3ccc4c5ccccc5c5ccccc5c4n3)ccc2-c2ccc(-c3cccc4c3sc3ccccc34)cc2Cc2ccccc2)cc1. The third kappa shape index (κ3) is 5.98. The third-order valence-electron chi connectivity index (χ3n) is 11.6. The highest BCUT2D eigenvalue weighted by atomic mass is 32.1. The minimum atomic E-state index is 0.818. The molecule has 0 atom stereocenters. The van der Waals surface area contributed by atoms with Crippen LogP contribution < -0.4 is 0 Å². The minimum absolute atomic E-state index is 0.818. The third-order valence-corrected chi connectivity index (χ3v) is 12.8. The van der Waals surface area contributed by atoms with E-state index in [1.54, 1.807) is 0 Å². The van der Waals surface area contributed by atoms with Gasteiger partial charge >= 0.3 is 0 Å². The van der Waals surface area contributed by atoms with E-state index in [9.17, 15) is 0 Å². The molecule has 0 saturated heterocycles. The van der Waals surface area contributed by atoms with Crippen LogP contribution in [0.3, 0.4) is 0 Å². The van der Waals surface area contributed by atoms with Gasteiger partial charge in [-0.25, -0.2) is 4.98 Å². The van der Waals surface area contributed by atoms with Crippen LogP contribution in [0.2, 0.25) is 0 Å². The average Bonchev–Trinajstić information content (AvgIpc) is 3.66. The van der Waals surface area contributed by atoms with Crippen LogP contribution in [0.15, 0.2) is 200 Å². The van der Waals surface area contributed by atoms with Gasteiger partial charge in [0, 0.05) is 36.5 Å². The number of fused-ring (bicyclic) bond motifs is 9. The van der Waals surface area contributed by atoms with E-state index in [4.69, 9.17) is 4.98 Å². The fourth-order valence-electron chi connectivity index (χ4n) is 8.86. The van der Waals surface area contributed by atoms with Crippen molar-refractivity contribution in [1.82, 2.24) is 4.98 Å². The number of hydrogen-bond donors (Lipinski definition) is 0. The summed E-state index contributed by atoms with van der Waals surface area (Å²) in [6, 6.07) is 73.3. The molecule has 0 saturated carbocycles. The van der Waals surface area contributed by atoms with E-state index in [1.165, 1.54) is 91.6 Å². The summed E-state index contributed by atoms with van der Waals surface area (Å²) in [6.45, 7) is 0. The molecule has 2 heterocycles. The van der Waals surface area contributed by atoms with Crippen molar-refractivity contribution in [2.24, 2.45) is 0 Å². The van der Waals surface area contributed by atoms with Gasteiger partial charge in [-0.2, -0.15) is 0 Å².